The predicted molar refractivity (Wildman–Crippen MR) is 118 cm³/mol. The molecule has 164 valence electrons. The number of fused-ring (bicyclic) bond motifs is 1. The first-order valence-electron chi connectivity index (χ1n) is 10.4. The molecule has 1 fully saturated rings. The van der Waals surface area contributed by atoms with Crippen LogP contribution in [0.25, 0.3) is 5.52 Å². The molecule has 4 aromatic rings. The smallest absolute Gasteiger partial charge is 0.259 e. The van der Waals surface area contributed by atoms with Gasteiger partial charge in [0.2, 0.25) is 0 Å². The third kappa shape index (κ3) is 3.87. The van der Waals surface area contributed by atoms with Gasteiger partial charge in [-0.2, -0.15) is 10.4 Å². The summed E-state index contributed by atoms with van der Waals surface area (Å²) in [5, 5.41) is 15.9. The first-order chi connectivity index (χ1) is 16.0. The van der Waals surface area contributed by atoms with Crippen molar-refractivity contribution in [1.29, 1.82) is 5.26 Å². The van der Waals surface area contributed by atoms with E-state index in [2.05, 4.69) is 15.4 Å². The lowest BCUT2D eigenvalue weighted by atomic mass is 10.0. The first kappa shape index (κ1) is 20.6. The van der Waals surface area contributed by atoms with Crippen LogP contribution in [0.4, 0.5) is 20.2 Å². The van der Waals surface area contributed by atoms with Crippen LogP contribution in [-0.2, 0) is 0 Å². The van der Waals surface area contributed by atoms with Crippen molar-refractivity contribution in [3.05, 3.63) is 89.5 Å². The van der Waals surface area contributed by atoms with Gasteiger partial charge < -0.3 is 10.2 Å². The zero-order chi connectivity index (χ0) is 22.9. The van der Waals surface area contributed by atoms with Gasteiger partial charge in [-0.15, -0.1) is 0 Å². The Hall–Kier alpha value is -4.32. The summed E-state index contributed by atoms with van der Waals surface area (Å²) in [5.74, 6) is -1.28. The highest BCUT2D eigenvalue weighted by Gasteiger charge is 2.29. The molecule has 1 aliphatic heterocycles. The monoisotopic (exact) mass is 444 g/mol. The topological polar surface area (TPSA) is 86.3 Å². The molecule has 1 amide bonds. The number of rotatable bonds is 4. The number of nitrogens with zero attached hydrogens (tertiary/aromatic N) is 5. The highest BCUT2D eigenvalue weighted by molar-refractivity contribution is 6.09. The molecule has 33 heavy (non-hydrogen) atoms. The van der Waals surface area contributed by atoms with Crippen LogP contribution in [0.5, 0.6) is 0 Å². The van der Waals surface area contributed by atoms with Crippen LogP contribution in [-0.4, -0.2) is 27.0 Å². The van der Waals surface area contributed by atoms with Gasteiger partial charge in [-0.1, -0.05) is 0 Å². The summed E-state index contributed by atoms with van der Waals surface area (Å²) in [5.41, 5.74) is 2.76. The molecule has 0 bridgehead atoms. The molecule has 0 aliphatic carbocycles. The maximum absolute atomic E-state index is 14.5. The minimum atomic E-state index is -0.472. The number of amides is 1. The molecule has 1 saturated heterocycles. The first-order valence-corrected chi connectivity index (χ1v) is 10.4. The van der Waals surface area contributed by atoms with E-state index in [1.54, 1.807) is 16.8 Å². The van der Waals surface area contributed by atoms with E-state index in [0.717, 1.165) is 24.2 Å². The molecule has 1 N–H and O–H groups in total. The Morgan fingerprint density at radius 1 is 1.15 bits per heavy atom. The van der Waals surface area contributed by atoms with Crippen molar-refractivity contribution in [2.75, 3.05) is 16.8 Å². The van der Waals surface area contributed by atoms with Gasteiger partial charge in [0.25, 0.3) is 5.91 Å². The van der Waals surface area contributed by atoms with Crippen molar-refractivity contribution >= 4 is 22.8 Å². The molecule has 3 aromatic heterocycles. The molecule has 0 spiro atoms. The molecule has 1 unspecified atom stereocenters. The van der Waals surface area contributed by atoms with Crippen molar-refractivity contribution in [3.8, 4) is 6.07 Å². The lowest BCUT2D eigenvalue weighted by Crippen LogP contribution is -2.23. The molecule has 1 aromatic carbocycles. The predicted octanol–water partition coefficient (Wildman–Crippen LogP) is 4.47. The fourth-order valence-electron chi connectivity index (χ4n) is 4.22. The Morgan fingerprint density at radius 2 is 2.03 bits per heavy atom. The van der Waals surface area contributed by atoms with Crippen LogP contribution in [0.1, 0.15) is 40.5 Å². The van der Waals surface area contributed by atoms with Crippen molar-refractivity contribution < 1.29 is 13.6 Å². The van der Waals surface area contributed by atoms with Crippen LogP contribution < -0.4 is 10.2 Å². The summed E-state index contributed by atoms with van der Waals surface area (Å²) in [6, 6.07) is 11.9. The average Bonchev–Trinajstić information content (AvgIpc) is 3.48. The van der Waals surface area contributed by atoms with Gasteiger partial charge in [0.15, 0.2) is 0 Å². The second kappa shape index (κ2) is 8.31. The molecule has 0 saturated carbocycles. The molecule has 9 heteroatoms. The van der Waals surface area contributed by atoms with Gasteiger partial charge in [0.1, 0.15) is 23.4 Å². The summed E-state index contributed by atoms with van der Waals surface area (Å²) in [4.78, 5) is 18.9. The molecular formula is C24H18F2N6O. The summed E-state index contributed by atoms with van der Waals surface area (Å²) < 4.78 is 29.8. The number of nitriles is 1. The highest BCUT2D eigenvalue weighted by Crippen LogP contribution is 2.38. The summed E-state index contributed by atoms with van der Waals surface area (Å²) in [6.45, 7) is 0.684. The van der Waals surface area contributed by atoms with Crippen LogP contribution in [0.15, 0.2) is 61.1 Å². The second-order valence-electron chi connectivity index (χ2n) is 7.79. The number of carbonyl (C=O) groups is 1. The molecule has 1 aliphatic rings. The molecular weight excluding hydrogens is 426 g/mol. The number of benzene rings is 1. The van der Waals surface area contributed by atoms with Gasteiger partial charge in [-0.25, -0.2) is 18.3 Å². The lowest BCUT2D eigenvalue weighted by Gasteiger charge is -2.27. The average molecular weight is 444 g/mol. The number of carbonyl (C=O) groups excluding carboxylic acids is 1. The maximum atomic E-state index is 14.5. The number of nitrogens with one attached hydrogen (secondary N) is 1. The number of hydrogen-bond acceptors (Lipinski definition) is 5. The zero-order valence-corrected chi connectivity index (χ0v) is 17.4. The number of aromatic nitrogens is 3. The van der Waals surface area contributed by atoms with Crippen molar-refractivity contribution in [3.63, 3.8) is 0 Å². The van der Waals surface area contributed by atoms with Crippen molar-refractivity contribution in [2.45, 2.75) is 18.9 Å². The van der Waals surface area contributed by atoms with Gasteiger partial charge in [-0.3, -0.25) is 4.79 Å². The number of pyridine rings is 2. The normalized spacial score (nSPS) is 15.5. The third-order valence-corrected chi connectivity index (χ3v) is 5.79. The number of halogens is 2. The largest absolute Gasteiger partial charge is 0.364 e. The molecule has 4 heterocycles. The maximum Gasteiger partial charge on any atom is 0.259 e. The quantitative estimate of drug-likeness (QED) is 0.502. The molecule has 7 nitrogen and oxygen atoms in total. The van der Waals surface area contributed by atoms with E-state index in [9.17, 15) is 13.6 Å². The van der Waals surface area contributed by atoms with Crippen molar-refractivity contribution in [2.24, 2.45) is 0 Å². The van der Waals surface area contributed by atoms with Crippen molar-refractivity contribution in [1.82, 2.24) is 14.6 Å². The van der Waals surface area contributed by atoms with Gasteiger partial charge in [0, 0.05) is 24.0 Å². The molecule has 1 atom stereocenters. The summed E-state index contributed by atoms with van der Waals surface area (Å²) in [7, 11) is 0. The minimum absolute atomic E-state index is 0.253. The van der Waals surface area contributed by atoms with Crippen LogP contribution >= 0.6 is 0 Å². The van der Waals surface area contributed by atoms with E-state index in [1.807, 2.05) is 23.1 Å². The fraction of sp³-hybridized carbons (Fsp3) is 0.167. The number of anilines is 2. The van der Waals surface area contributed by atoms with E-state index >= 15 is 0 Å². The Balaban J connectivity index is 1.46. The summed E-state index contributed by atoms with van der Waals surface area (Å²) in [6.07, 6.45) is 6.16. The van der Waals surface area contributed by atoms with E-state index in [4.69, 9.17) is 5.26 Å². The Kier molecular flexibility index (Phi) is 5.18. The zero-order valence-electron chi connectivity index (χ0n) is 17.4. The van der Waals surface area contributed by atoms with Gasteiger partial charge in [-0.05, 0) is 55.3 Å². The van der Waals surface area contributed by atoms with E-state index < -0.39 is 11.6 Å². The molecule has 5 rings (SSSR count). The van der Waals surface area contributed by atoms with Gasteiger partial charge >= 0.3 is 0 Å². The fourth-order valence-corrected chi connectivity index (χ4v) is 4.22. The summed E-state index contributed by atoms with van der Waals surface area (Å²) >= 11 is 0. The van der Waals surface area contributed by atoms with Crippen LogP contribution in [0.2, 0.25) is 0 Å². The number of hydrogen-bond donors (Lipinski definition) is 1. The lowest BCUT2D eigenvalue weighted by molar-refractivity contribution is 0.102. The highest BCUT2D eigenvalue weighted by atomic mass is 19.1. The van der Waals surface area contributed by atoms with E-state index in [-0.39, 0.29) is 17.6 Å². The minimum Gasteiger partial charge on any atom is -0.364 e. The van der Waals surface area contributed by atoms with Crippen LogP contribution in [0.3, 0.4) is 0 Å². The van der Waals surface area contributed by atoms with Crippen LogP contribution in [0, 0.1) is 23.0 Å². The second-order valence-corrected chi connectivity index (χ2v) is 7.79. The SMILES string of the molecule is N#Cc1ccc(NC(=O)c2cnn3ccc(N4CCCC4c4cc(F)ccc4F)cc23)cn1. The Morgan fingerprint density at radius 3 is 2.82 bits per heavy atom. The van der Waals surface area contributed by atoms with E-state index in [0.29, 0.717) is 35.3 Å². The Labute approximate surface area is 187 Å². The third-order valence-electron chi connectivity index (χ3n) is 5.79. The van der Waals surface area contributed by atoms with E-state index in [1.165, 1.54) is 24.5 Å². The Bertz CT molecular complexity index is 1390. The standard InChI is InChI=1S/C24H18F2N6O/c25-15-3-6-21(26)19(10-15)22-2-1-8-31(22)18-7-9-32-23(11-18)20(14-29-32)24(33)30-17-5-4-16(12-27)28-13-17/h3-7,9-11,13-14,22H,1-2,8H2,(H,30,33). The van der Waals surface area contributed by atoms with Gasteiger partial charge in [0.05, 0.1) is 35.2 Å². The molecule has 0 radical (unpaired) electrons.